The highest BCUT2D eigenvalue weighted by atomic mass is 19.2. The van der Waals surface area contributed by atoms with Gasteiger partial charge in [0.2, 0.25) is 0 Å². The molecule has 0 radical (unpaired) electrons. The van der Waals surface area contributed by atoms with Gasteiger partial charge in [0.1, 0.15) is 5.82 Å². The summed E-state index contributed by atoms with van der Waals surface area (Å²) in [7, 11) is 2.74. The molecule has 0 N–H and O–H groups in total. The lowest BCUT2D eigenvalue weighted by molar-refractivity contribution is 0.112. The van der Waals surface area contributed by atoms with E-state index in [9.17, 15) is 18.0 Å². The van der Waals surface area contributed by atoms with Gasteiger partial charge in [-0.15, -0.1) is 0 Å². The van der Waals surface area contributed by atoms with Crippen molar-refractivity contribution in [1.29, 1.82) is 0 Å². The second kappa shape index (κ2) is 5.87. The zero-order valence-electron chi connectivity index (χ0n) is 11.2. The van der Waals surface area contributed by atoms with Gasteiger partial charge in [-0.2, -0.15) is 0 Å². The highest BCUT2D eigenvalue weighted by Crippen LogP contribution is 2.36. The van der Waals surface area contributed by atoms with E-state index in [1.807, 2.05) is 0 Å². The summed E-state index contributed by atoms with van der Waals surface area (Å²) in [4.78, 5) is 11.1. The van der Waals surface area contributed by atoms with Gasteiger partial charge in [0.15, 0.2) is 29.4 Å². The van der Waals surface area contributed by atoms with Crippen LogP contribution in [0.4, 0.5) is 13.2 Å². The Morgan fingerprint density at radius 1 is 0.810 bits per heavy atom. The van der Waals surface area contributed by atoms with Crippen LogP contribution in [0.2, 0.25) is 0 Å². The second-order valence-corrected chi connectivity index (χ2v) is 4.16. The number of aldehydes is 1. The minimum Gasteiger partial charge on any atom is -0.493 e. The van der Waals surface area contributed by atoms with Crippen LogP contribution < -0.4 is 9.47 Å². The van der Waals surface area contributed by atoms with E-state index < -0.39 is 17.5 Å². The number of hydrogen-bond acceptors (Lipinski definition) is 3. The molecule has 0 aliphatic heterocycles. The first-order valence-electron chi connectivity index (χ1n) is 5.88. The molecule has 2 aromatic carbocycles. The number of carbonyl (C=O) groups excluding carboxylic acids is 1. The van der Waals surface area contributed by atoms with Gasteiger partial charge in [0, 0.05) is 17.2 Å². The van der Waals surface area contributed by atoms with E-state index in [0.717, 1.165) is 0 Å². The monoisotopic (exact) mass is 296 g/mol. The molecule has 0 aromatic heterocycles. The zero-order valence-corrected chi connectivity index (χ0v) is 11.2. The summed E-state index contributed by atoms with van der Waals surface area (Å²) in [6, 6.07) is 3.79. The average Bonchev–Trinajstić information content (AvgIpc) is 2.49. The molecule has 2 aromatic rings. The first-order chi connectivity index (χ1) is 10.0. The molecule has 0 saturated heterocycles. The van der Waals surface area contributed by atoms with Crippen molar-refractivity contribution in [3.8, 4) is 22.6 Å². The van der Waals surface area contributed by atoms with E-state index in [-0.39, 0.29) is 28.2 Å². The smallest absolute Gasteiger partial charge is 0.161 e. The largest absolute Gasteiger partial charge is 0.493 e. The number of ether oxygens (including phenoxy) is 2. The Hall–Kier alpha value is -2.50. The Balaban J connectivity index is 2.73. The van der Waals surface area contributed by atoms with Crippen molar-refractivity contribution in [1.82, 2.24) is 0 Å². The minimum absolute atomic E-state index is 0.0672. The number of carbonyl (C=O) groups is 1. The molecule has 0 aliphatic carbocycles. The lowest BCUT2D eigenvalue weighted by atomic mass is 9.98. The highest BCUT2D eigenvalue weighted by Gasteiger charge is 2.17. The summed E-state index contributed by atoms with van der Waals surface area (Å²) in [6.07, 6.45) is 0.470. The van der Waals surface area contributed by atoms with Crippen LogP contribution in [-0.2, 0) is 0 Å². The summed E-state index contributed by atoms with van der Waals surface area (Å²) in [5.41, 5.74) is -0.0893. The molecule has 3 nitrogen and oxygen atoms in total. The van der Waals surface area contributed by atoms with Crippen molar-refractivity contribution in [2.24, 2.45) is 0 Å². The van der Waals surface area contributed by atoms with Crippen LogP contribution in [0.15, 0.2) is 24.3 Å². The predicted molar refractivity (Wildman–Crippen MR) is 70.2 cm³/mol. The second-order valence-electron chi connectivity index (χ2n) is 4.16. The minimum atomic E-state index is -1.30. The fourth-order valence-electron chi connectivity index (χ4n) is 1.95. The molecule has 110 valence electrons. The Labute approximate surface area is 118 Å². The fourth-order valence-corrected chi connectivity index (χ4v) is 1.95. The van der Waals surface area contributed by atoms with Crippen LogP contribution in [0.25, 0.3) is 11.1 Å². The van der Waals surface area contributed by atoms with Crippen LogP contribution in [0.5, 0.6) is 11.5 Å². The number of halogens is 3. The lowest BCUT2D eigenvalue weighted by Gasteiger charge is -2.13. The number of hydrogen-bond donors (Lipinski definition) is 0. The molecule has 0 unspecified atom stereocenters. The van der Waals surface area contributed by atoms with Gasteiger partial charge < -0.3 is 9.47 Å². The average molecular weight is 296 g/mol. The van der Waals surface area contributed by atoms with E-state index >= 15 is 0 Å². The normalized spacial score (nSPS) is 10.3. The van der Waals surface area contributed by atoms with Crippen molar-refractivity contribution >= 4 is 6.29 Å². The van der Waals surface area contributed by atoms with Crippen molar-refractivity contribution in [3.63, 3.8) is 0 Å². The van der Waals surface area contributed by atoms with Crippen molar-refractivity contribution < 1.29 is 27.4 Å². The van der Waals surface area contributed by atoms with Crippen LogP contribution in [0.1, 0.15) is 10.4 Å². The third kappa shape index (κ3) is 2.69. The summed E-state index contributed by atoms with van der Waals surface area (Å²) < 4.78 is 50.3. The van der Waals surface area contributed by atoms with Crippen LogP contribution >= 0.6 is 0 Å². The van der Waals surface area contributed by atoms with Gasteiger partial charge in [0.05, 0.1) is 14.2 Å². The third-order valence-corrected chi connectivity index (χ3v) is 2.98. The van der Waals surface area contributed by atoms with Crippen molar-refractivity contribution in [2.75, 3.05) is 14.2 Å². The van der Waals surface area contributed by atoms with E-state index in [1.54, 1.807) is 0 Å². The molecule has 0 bridgehead atoms. The molecule has 0 spiro atoms. The number of methoxy groups -OCH3 is 2. The Morgan fingerprint density at radius 2 is 1.38 bits per heavy atom. The molecule has 0 amide bonds. The third-order valence-electron chi connectivity index (χ3n) is 2.98. The molecule has 0 atom stereocenters. The Bertz CT molecular complexity index is 699. The number of rotatable bonds is 4. The summed E-state index contributed by atoms with van der Waals surface area (Å²) in [5, 5.41) is 0. The van der Waals surface area contributed by atoms with Gasteiger partial charge in [-0.3, -0.25) is 4.79 Å². The molecule has 6 heteroatoms. The van der Waals surface area contributed by atoms with Gasteiger partial charge in [-0.05, 0) is 23.8 Å². The van der Waals surface area contributed by atoms with Crippen molar-refractivity contribution in [2.45, 2.75) is 0 Å². The van der Waals surface area contributed by atoms with Crippen LogP contribution in [0.3, 0.4) is 0 Å². The quantitative estimate of drug-likeness (QED) is 0.639. The molecule has 0 heterocycles. The molecule has 0 aliphatic rings. The Kier molecular flexibility index (Phi) is 4.16. The maximum atomic E-state index is 13.9. The van der Waals surface area contributed by atoms with Gasteiger partial charge in [-0.1, -0.05) is 0 Å². The Morgan fingerprint density at radius 3 is 1.95 bits per heavy atom. The zero-order chi connectivity index (χ0) is 15.6. The van der Waals surface area contributed by atoms with Gasteiger partial charge in [0.25, 0.3) is 0 Å². The SMILES string of the molecule is COc1cc(C=O)c(-c2cc(F)c(F)cc2F)cc1OC. The van der Waals surface area contributed by atoms with Crippen LogP contribution in [0, 0.1) is 17.5 Å². The lowest BCUT2D eigenvalue weighted by Crippen LogP contribution is -1.98. The maximum absolute atomic E-state index is 13.9. The maximum Gasteiger partial charge on any atom is 0.161 e. The fraction of sp³-hybridized carbons (Fsp3) is 0.133. The van der Waals surface area contributed by atoms with E-state index in [1.165, 1.54) is 26.4 Å². The highest BCUT2D eigenvalue weighted by molar-refractivity contribution is 5.89. The molecular weight excluding hydrogens is 285 g/mol. The van der Waals surface area contributed by atoms with E-state index in [0.29, 0.717) is 18.4 Å². The van der Waals surface area contributed by atoms with Crippen molar-refractivity contribution in [3.05, 3.63) is 47.3 Å². The first kappa shape index (κ1) is 14.9. The topological polar surface area (TPSA) is 35.5 Å². The van der Waals surface area contributed by atoms with Gasteiger partial charge >= 0.3 is 0 Å². The van der Waals surface area contributed by atoms with E-state index in [4.69, 9.17) is 9.47 Å². The molecule has 21 heavy (non-hydrogen) atoms. The van der Waals surface area contributed by atoms with E-state index in [2.05, 4.69) is 0 Å². The molecular formula is C15H11F3O3. The summed E-state index contributed by atoms with van der Waals surface area (Å²) in [6.45, 7) is 0. The summed E-state index contributed by atoms with van der Waals surface area (Å²) >= 11 is 0. The first-order valence-corrected chi connectivity index (χ1v) is 5.88. The summed E-state index contributed by atoms with van der Waals surface area (Å²) in [5.74, 6) is -2.99. The molecule has 0 fully saturated rings. The van der Waals surface area contributed by atoms with Gasteiger partial charge in [-0.25, -0.2) is 13.2 Å². The molecule has 2 rings (SSSR count). The van der Waals surface area contributed by atoms with Crippen LogP contribution in [-0.4, -0.2) is 20.5 Å². The number of benzene rings is 2. The standard InChI is InChI=1S/C15H11F3O3/c1-20-14-3-8(7-19)9(5-15(14)21-2)10-4-12(17)13(18)6-11(10)16/h3-7H,1-2H3. The predicted octanol–water partition coefficient (Wildman–Crippen LogP) is 3.60. The molecule has 0 saturated carbocycles.